The molecule has 100 valence electrons. The van der Waals surface area contributed by atoms with Crippen LogP contribution in [-0.4, -0.2) is 47.9 Å². The molecule has 0 unspecified atom stereocenters. The monoisotopic (exact) mass is 314 g/mol. The van der Waals surface area contributed by atoms with Gasteiger partial charge in [-0.05, 0) is 37.2 Å². The van der Waals surface area contributed by atoms with Crippen LogP contribution < -0.4 is 0 Å². The Hall–Kier alpha value is -0.450. The van der Waals surface area contributed by atoms with E-state index in [1.165, 1.54) is 18.5 Å². The molecule has 1 aromatic rings. The number of halogens is 2. The van der Waals surface area contributed by atoms with E-state index in [0.29, 0.717) is 0 Å². The summed E-state index contributed by atoms with van der Waals surface area (Å²) in [4.78, 5) is 4.96. The molecule has 1 aromatic carbocycles. The van der Waals surface area contributed by atoms with Crippen LogP contribution in [0.3, 0.4) is 0 Å². The summed E-state index contributed by atoms with van der Waals surface area (Å²) in [7, 11) is 0. The summed E-state index contributed by atoms with van der Waals surface area (Å²) in [5.41, 5.74) is 1.20. The van der Waals surface area contributed by atoms with E-state index >= 15 is 0 Å². The Labute approximate surface area is 117 Å². The summed E-state index contributed by atoms with van der Waals surface area (Å²) in [6, 6.07) is 6.86. The lowest BCUT2D eigenvalue weighted by Gasteiger charge is -2.21. The van der Waals surface area contributed by atoms with Crippen molar-refractivity contribution in [3.63, 3.8) is 0 Å². The van der Waals surface area contributed by atoms with Gasteiger partial charge in [0.2, 0.25) is 0 Å². The van der Waals surface area contributed by atoms with Crippen molar-refractivity contribution in [2.24, 2.45) is 0 Å². The Balaban J connectivity index is 1.84. The highest BCUT2D eigenvalue weighted by molar-refractivity contribution is 9.09. The van der Waals surface area contributed by atoms with Gasteiger partial charge in [-0.15, -0.1) is 0 Å². The van der Waals surface area contributed by atoms with Gasteiger partial charge in [-0.1, -0.05) is 28.1 Å². The molecule has 1 fully saturated rings. The van der Waals surface area contributed by atoms with Gasteiger partial charge >= 0.3 is 0 Å². The number of nitrogens with zero attached hydrogens (tertiary/aromatic N) is 2. The lowest BCUT2D eigenvalue weighted by Crippen LogP contribution is -2.31. The van der Waals surface area contributed by atoms with Gasteiger partial charge in [0, 0.05) is 31.5 Å². The molecule has 0 radical (unpaired) electrons. The van der Waals surface area contributed by atoms with Gasteiger partial charge < -0.3 is 4.90 Å². The van der Waals surface area contributed by atoms with Crippen molar-refractivity contribution in [1.29, 1.82) is 0 Å². The number of benzene rings is 1. The second-order valence-corrected chi connectivity index (χ2v) is 5.58. The lowest BCUT2D eigenvalue weighted by molar-refractivity contribution is 0.258. The first-order valence-corrected chi connectivity index (χ1v) is 7.65. The molecule has 0 N–H and O–H groups in total. The van der Waals surface area contributed by atoms with Crippen LogP contribution in [-0.2, 0) is 6.54 Å². The zero-order chi connectivity index (χ0) is 12.8. The third-order valence-electron chi connectivity index (χ3n) is 3.40. The quantitative estimate of drug-likeness (QED) is 0.788. The molecule has 0 bridgehead atoms. The summed E-state index contributed by atoms with van der Waals surface area (Å²) >= 11 is 3.50. The number of hydrogen-bond acceptors (Lipinski definition) is 2. The summed E-state index contributed by atoms with van der Waals surface area (Å²) in [6.45, 7) is 6.62. The fourth-order valence-corrected chi connectivity index (χ4v) is 2.88. The molecule has 2 nitrogen and oxygen atoms in total. The van der Waals surface area contributed by atoms with E-state index < -0.39 is 0 Å². The lowest BCUT2D eigenvalue weighted by atomic mass is 10.2. The molecule has 2 rings (SSSR count). The van der Waals surface area contributed by atoms with Crippen molar-refractivity contribution < 1.29 is 4.39 Å². The van der Waals surface area contributed by atoms with Gasteiger partial charge in [0.05, 0.1) is 0 Å². The van der Waals surface area contributed by atoms with Crippen molar-refractivity contribution in [3.05, 3.63) is 35.6 Å². The average molecular weight is 315 g/mol. The topological polar surface area (TPSA) is 6.48 Å². The maximum absolute atomic E-state index is 12.8. The predicted molar refractivity (Wildman–Crippen MR) is 76.5 cm³/mol. The second-order valence-electron chi connectivity index (χ2n) is 4.79. The van der Waals surface area contributed by atoms with Crippen LogP contribution in [0.4, 0.5) is 4.39 Å². The van der Waals surface area contributed by atoms with Gasteiger partial charge in [-0.2, -0.15) is 0 Å². The van der Waals surface area contributed by atoms with E-state index in [2.05, 4.69) is 25.7 Å². The first-order chi connectivity index (χ1) is 8.78. The Kier molecular flexibility index (Phi) is 5.60. The van der Waals surface area contributed by atoms with Crippen LogP contribution >= 0.6 is 15.9 Å². The second kappa shape index (κ2) is 7.22. The Bertz CT molecular complexity index is 355. The molecule has 1 aliphatic rings. The van der Waals surface area contributed by atoms with Crippen LogP contribution in [0.25, 0.3) is 0 Å². The molecule has 4 heteroatoms. The minimum atomic E-state index is -0.155. The first kappa shape index (κ1) is 14.0. The van der Waals surface area contributed by atoms with Crippen LogP contribution in [0.15, 0.2) is 24.3 Å². The average Bonchev–Trinajstić information content (AvgIpc) is 2.59. The van der Waals surface area contributed by atoms with E-state index in [0.717, 1.165) is 38.1 Å². The molecule has 0 amide bonds. The van der Waals surface area contributed by atoms with Gasteiger partial charge in [0.1, 0.15) is 5.82 Å². The van der Waals surface area contributed by atoms with E-state index in [1.54, 1.807) is 12.1 Å². The molecule has 0 spiro atoms. The zero-order valence-corrected chi connectivity index (χ0v) is 12.2. The summed E-state index contributed by atoms with van der Waals surface area (Å²) in [5, 5.41) is 1.05. The van der Waals surface area contributed by atoms with E-state index in [-0.39, 0.29) is 5.82 Å². The van der Waals surface area contributed by atoms with Crippen molar-refractivity contribution in [1.82, 2.24) is 9.80 Å². The normalized spacial score (nSPS) is 18.8. The molecule has 1 aliphatic heterocycles. The Morgan fingerprint density at radius 3 is 2.39 bits per heavy atom. The van der Waals surface area contributed by atoms with Crippen LogP contribution in [0.5, 0.6) is 0 Å². The van der Waals surface area contributed by atoms with Gasteiger partial charge in [0.25, 0.3) is 0 Å². The SMILES string of the molecule is Fc1ccc(CN2CCCN(CCBr)CC2)cc1. The fraction of sp³-hybridized carbons (Fsp3) is 0.571. The van der Waals surface area contributed by atoms with E-state index in [1.807, 2.05) is 12.1 Å². The smallest absolute Gasteiger partial charge is 0.123 e. The molecule has 0 atom stereocenters. The number of hydrogen-bond donors (Lipinski definition) is 0. The minimum Gasteiger partial charge on any atom is -0.301 e. The highest BCUT2D eigenvalue weighted by Gasteiger charge is 2.14. The maximum Gasteiger partial charge on any atom is 0.123 e. The third kappa shape index (κ3) is 4.34. The van der Waals surface area contributed by atoms with Crippen LogP contribution in [0, 0.1) is 5.82 Å². The molecule has 0 aliphatic carbocycles. The Morgan fingerprint density at radius 2 is 1.67 bits per heavy atom. The van der Waals surface area contributed by atoms with Crippen molar-refractivity contribution in [2.75, 3.05) is 38.1 Å². The predicted octanol–water partition coefficient (Wildman–Crippen LogP) is 2.73. The first-order valence-electron chi connectivity index (χ1n) is 6.53. The van der Waals surface area contributed by atoms with Gasteiger partial charge in [-0.3, -0.25) is 4.90 Å². The van der Waals surface area contributed by atoms with E-state index in [9.17, 15) is 4.39 Å². The fourth-order valence-electron chi connectivity index (χ4n) is 2.37. The molecule has 18 heavy (non-hydrogen) atoms. The summed E-state index contributed by atoms with van der Waals surface area (Å²) in [6.07, 6.45) is 1.22. The molecule has 0 aromatic heterocycles. The standard InChI is InChI=1S/C14H20BrFN2/c15-6-9-17-7-1-8-18(11-10-17)12-13-2-4-14(16)5-3-13/h2-5H,1,6-12H2. The highest BCUT2D eigenvalue weighted by Crippen LogP contribution is 2.10. The van der Waals surface area contributed by atoms with Crippen LogP contribution in [0.2, 0.25) is 0 Å². The van der Waals surface area contributed by atoms with Crippen molar-refractivity contribution in [3.8, 4) is 0 Å². The molecule has 1 saturated heterocycles. The zero-order valence-electron chi connectivity index (χ0n) is 10.6. The molecule has 0 saturated carbocycles. The largest absolute Gasteiger partial charge is 0.301 e. The summed E-state index contributed by atoms with van der Waals surface area (Å²) in [5.74, 6) is -0.155. The Morgan fingerprint density at radius 1 is 1.00 bits per heavy atom. The molecular weight excluding hydrogens is 295 g/mol. The summed E-state index contributed by atoms with van der Waals surface area (Å²) < 4.78 is 12.8. The van der Waals surface area contributed by atoms with Gasteiger partial charge in [0.15, 0.2) is 0 Å². The molecule has 1 heterocycles. The third-order valence-corrected chi connectivity index (χ3v) is 3.76. The highest BCUT2D eigenvalue weighted by atomic mass is 79.9. The van der Waals surface area contributed by atoms with Gasteiger partial charge in [-0.25, -0.2) is 4.39 Å². The van der Waals surface area contributed by atoms with Crippen LogP contribution in [0.1, 0.15) is 12.0 Å². The minimum absolute atomic E-state index is 0.155. The number of alkyl halides is 1. The van der Waals surface area contributed by atoms with Crippen molar-refractivity contribution >= 4 is 15.9 Å². The maximum atomic E-state index is 12.8. The molecular formula is C14H20BrFN2. The van der Waals surface area contributed by atoms with E-state index in [4.69, 9.17) is 0 Å². The van der Waals surface area contributed by atoms with Crippen molar-refractivity contribution in [2.45, 2.75) is 13.0 Å². The number of rotatable bonds is 4.